The number of aryl methyl sites for hydroxylation is 2. The molecule has 3 N–H and O–H groups in total. The largest absolute Gasteiger partial charge is 0.506 e. The lowest BCUT2D eigenvalue weighted by Crippen LogP contribution is -2.32. The third-order valence-corrected chi connectivity index (χ3v) is 3.50. The Labute approximate surface area is 143 Å². The molecule has 0 saturated heterocycles. The van der Waals surface area contributed by atoms with Gasteiger partial charge in [0.15, 0.2) is 0 Å². The Morgan fingerprint density at radius 1 is 1.16 bits per heavy atom. The van der Waals surface area contributed by atoms with E-state index in [4.69, 9.17) is 0 Å². The van der Waals surface area contributed by atoms with Crippen molar-refractivity contribution < 1.29 is 19.6 Å². The SMILES string of the molecule is Cc1ccc(NC(=O)CNC(=O)c2ccc(C)c([N+](=O)[O-])c2)c(O)c1. The molecule has 0 radical (unpaired) electrons. The number of phenols is 1. The number of nitro benzene ring substituents is 1. The molecule has 0 atom stereocenters. The summed E-state index contributed by atoms with van der Waals surface area (Å²) in [6.45, 7) is 3.03. The van der Waals surface area contributed by atoms with Crippen molar-refractivity contribution in [2.75, 3.05) is 11.9 Å². The minimum absolute atomic E-state index is 0.0752. The zero-order valence-corrected chi connectivity index (χ0v) is 13.7. The molecular formula is C17H17N3O5. The van der Waals surface area contributed by atoms with E-state index in [1.54, 1.807) is 26.0 Å². The molecule has 0 aliphatic heterocycles. The average molecular weight is 343 g/mol. The number of nitro groups is 1. The molecule has 0 bridgehead atoms. The lowest BCUT2D eigenvalue weighted by molar-refractivity contribution is -0.385. The molecule has 130 valence electrons. The summed E-state index contributed by atoms with van der Waals surface area (Å²) in [5.74, 6) is -1.21. The molecule has 0 aliphatic carbocycles. The maximum Gasteiger partial charge on any atom is 0.273 e. The van der Waals surface area contributed by atoms with Crippen molar-refractivity contribution in [1.29, 1.82) is 0 Å². The Kier molecular flexibility index (Phi) is 5.33. The van der Waals surface area contributed by atoms with Crippen LogP contribution < -0.4 is 10.6 Å². The first kappa shape index (κ1) is 17.9. The summed E-state index contributed by atoms with van der Waals surface area (Å²) in [5.41, 5.74) is 1.43. The minimum Gasteiger partial charge on any atom is -0.506 e. The Bertz CT molecular complexity index is 848. The van der Waals surface area contributed by atoms with E-state index in [2.05, 4.69) is 10.6 Å². The average Bonchev–Trinajstić information content (AvgIpc) is 2.55. The van der Waals surface area contributed by atoms with Crippen LogP contribution in [0.1, 0.15) is 21.5 Å². The summed E-state index contributed by atoms with van der Waals surface area (Å²) in [6.07, 6.45) is 0. The predicted octanol–water partition coefficient (Wildman–Crippen LogP) is 2.29. The Hall–Kier alpha value is -3.42. The fourth-order valence-electron chi connectivity index (χ4n) is 2.15. The van der Waals surface area contributed by atoms with Crippen LogP contribution >= 0.6 is 0 Å². The van der Waals surface area contributed by atoms with Crippen molar-refractivity contribution in [3.05, 3.63) is 63.2 Å². The van der Waals surface area contributed by atoms with Crippen LogP contribution in [0.4, 0.5) is 11.4 Å². The molecule has 2 aromatic carbocycles. The summed E-state index contributed by atoms with van der Waals surface area (Å²) in [5, 5.41) is 25.5. The number of hydrogen-bond donors (Lipinski definition) is 3. The van der Waals surface area contributed by atoms with Gasteiger partial charge in [-0.2, -0.15) is 0 Å². The number of carbonyl (C=O) groups is 2. The van der Waals surface area contributed by atoms with Crippen molar-refractivity contribution in [3.63, 3.8) is 0 Å². The molecule has 2 aromatic rings. The lowest BCUT2D eigenvalue weighted by Gasteiger charge is -2.09. The highest BCUT2D eigenvalue weighted by atomic mass is 16.6. The smallest absolute Gasteiger partial charge is 0.273 e. The third kappa shape index (κ3) is 4.54. The summed E-state index contributed by atoms with van der Waals surface area (Å²) in [7, 11) is 0. The molecule has 0 unspecified atom stereocenters. The van der Waals surface area contributed by atoms with Crippen molar-refractivity contribution >= 4 is 23.2 Å². The zero-order valence-electron chi connectivity index (χ0n) is 13.7. The van der Waals surface area contributed by atoms with Crippen molar-refractivity contribution in [1.82, 2.24) is 5.32 Å². The second-order valence-electron chi connectivity index (χ2n) is 5.51. The minimum atomic E-state index is -0.605. The number of amides is 2. The standard InChI is InChI=1S/C17H17N3O5/c1-10-3-6-13(15(21)7-10)19-16(22)9-18-17(23)12-5-4-11(2)14(8-12)20(24)25/h3-8,21H,9H2,1-2H3,(H,18,23)(H,19,22). The number of nitrogens with zero attached hydrogens (tertiary/aromatic N) is 1. The Balaban J connectivity index is 1.98. The second kappa shape index (κ2) is 7.43. The van der Waals surface area contributed by atoms with Gasteiger partial charge in [-0.3, -0.25) is 19.7 Å². The van der Waals surface area contributed by atoms with Gasteiger partial charge in [0.2, 0.25) is 5.91 Å². The molecule has 25 heavy (non-hydrogen) atoms. The van der Waals surface area contributed by atoms with Crippen LogP contribution in [-0.2, 0) is 4.79 Å². The zero-order chi connectivity index (χ0) is 18.6. The molecule has 0 aromatic heterocycles. The van der Waals surface area contributed by atoms with Gasteiger partial charge in [0.05, 0.1) is 17.2 Å². The summed E-state index contributed by atoms with van der Waals surface area (Å²) < 4.78 is 0. The summed E-state index contributed by atoms with van der Waals surface area (Å²) >= 11 is 0. The molecule has 0 heterocycles. The van der Waals surface area contributed by atoms with Gasteiger partial charge < -0.3 is 15.7 Å². The molecule has 8 heteroatoms. The number of nitrogens with one attached hydrogen (secondary N) is 2. The van der Waals surface area contributed by atoms with E-state index >= 15 is 0 Å². The van der Waals surface area contributed by atoms with Gasteiger partial charge >= 0.3 is 0 Å². The van der Waals surface area contributed by atoms with Gasteiger partial charge in [-0.1, -0.05) is 12.1 Å². The van der Waals surface area contributed by atoms with E-state index < -0.39 is 16.7 Å². The summed E-state index contributed by atoms with van der Waals surface area (Å²) in [6, 6.07) is 8.85. The first-order valence-electron chi connectivity index (χ1n) is 7.40. The Morgan fingerprint density at radius 3 is 2.52 bits per heavy atom. The Morgan fingerprint density at radius 2 is 1.88 bits per heavy atom. The predicted molar refractivity (Wildman–Crippen MR) is 91.6 cm³/mol. The van der Waals surface area contributed by atoms with Crippen molar-refractivity contribution in [2.45, 2.75) is 13.8 Å². The molecule has 0 saturated carbocycles. The van der Waals surface area contributed by atoms with Crippen LogP contribution in [0.2, 0.25) is 0 Å². The van der Waals surface area contributed by atoms with Crippen LogP contribution in [0.5, 0.6) is 5.75 Å². The quantitative estimate of drug-likeness (QED) is 0.437. The number of rotatable bonds is 5. The maximum absolute atomic E-state index is 12.0. The van der Waals surface area contributed by atoms with E-state index in [9.17, 15) is 24.8 Å². The van der Waals surface area contributed by atoms with Crippen LogP contribution in [0.15, 0.2) is 36.4 Å². The number of aromatic hydroxyl groups is 1. The number of carbonyl (C=O) groups excluding carboxylic acids is 2. The van der Waals surface area contributed by atoms with E-state index in [0.717, 1.165) is 11.6 Å². The lowest BCUT2D eigenvalue weighted by atomic mass is 10.1. The molecule has 2 amide bonds. The first-order valence-corrected chi connectivity index (χ1v) is 7.40. The summed E-state index contributed by atoms with van der Waals surface area (Å²) in [4.78, 5) is 34.2. The molecule has 8 nitrogen and oxygen atoms in total. The van der Waals surface area contributed by atoms with Gasteiger partial charge in [0, 0.05) is 17.2 Å². The normalized spacial score (nSPS) is 10.2. The fraction of sp³-hybridized carbons (Fsp3) is 0.176. The van der Waals surface area contributed by atoms with Crippen LogP contribution in [0.3, 0.4) is 0 Å². The third-order valence-electron chi connectivity index (χ3n) is 3.50. The van der Waals surface area contributed by atoms with Crippen molar-refractivity contribution in [2.24, 2.45) is 0 Å². The number of phenolic OH excluding ortho intramolecular Hbond substituents is 1. The van der Waals surface area contributed by atoms with E-state index in [1.807, 2.05) is 0 Å². The number of benzene rings is 2. The second-order valence-corrected chi connectivity index (χ2v) is 5.51. The highest BCUT2D eigenvalue weighted by Crippen LogP contribution is 2.23. The molecule has 0 aliphatic rings. The van der Waals surface area contributed by atoms with Gasteiger partial charge in [0.25, 0.3) is 11.6 Å². The topological polar surface area (TPSA) is 122 Å². The molecule has 0 spiro atoms. The van der Waals surface area contributed by atoms with Gasteiger partial charge in [-0.05, 0) is 37.6 Å². The van der Waals surface area contributed by atoms with Gasteiger partial charge in [0.1, 0.15) is 5.75 Å². The van der Waals surface area contributed by atoms with Gasteiger partial charge in [-0.25, -0.2) is 0 Å². The molecular weight excluding hydrogens is 326 g/mol. The van der Waals surface area contributed by atoms with Gasteiger partial charge in [-0.15, -0.1) is 0 Å². The van der Waals surface area contributed by atoms with E-state index in [0.29, 0.717) is 5.56 Å². The van der Waals surface area contributed by atoms with Crippen molar-refractivity contribution in [3.8, 4) is 5.75 Å². The van der Waals surface area contributed by atoms with Crippen LogP contribution in [-0.4, -0.2) is 28.4 Å². The van der Waals surface area contributed by atoms with E-state index in [-0.39, 0.29) is 29.2 Å². The molecule has 2 rings (SSSR count). The number of hydrogen-bond acceptors (Lipinski definition) is 5. The maximum atomic E-state index is 12.0. The van der Waals surface area contributed by atoms with Crippen LogP contribution in [0, 0.1) is 24.0 Å². The van der Waals surface area contributed by atoms with E-state index in [1.165, 1.54) is 18.2 Å². The first-order chi connectivity index (χ1) is 11.8. The fourth-order valence-corrected chi connectivity index (χ4v) is 2.15. The number of anilines is 1. The molecule has 0 fully saturated rings. The monoisotopic (exact) mass is 343 g/mol. The highest BCUT2D eigenvalue weighted by molar-refractivity contribution is 6.00. The van der Waals surface area contributed by atoms with Crippen LogP contribution in [0.25, 0.3) is 0 Å². The highest BCUT2D eigenvalue weighted by Gasteiger charge is 2.15.